The summed E-state index contributed by atoms with van der Waals surface area (Å²) in [6, 6.07) is 16.6. The minimum atomic E-state index is -3.43. The van der Waals surface area contributed by atoms with Gasteiger partial charge >= 0.3 is 12.8 Å². The maximum Gasteiger partial charge on any atom is 0.390 e. The number of imidazole rings is 1. The summed E-state index contributed by atoms with van der Waals surface area (Å²) in [5.74, 6) is -0.607. The van der Waals surface area contributed by atoms with Crippen molar-refractivity contribution in [1.82, 2.24) is 9.38 Å². The van der Waals surface area contributed by atoms with Gasteiger partial charge in [0.05, 0.1) is 10.6 Å². The van der Waals surface area contributed by atoms with Crippen LogP contribution < -0.4 is 0 Å². The van der Waals surface area contributed by atoms with E-state index in [4.69, 9.17) is 0 Å². The molecule has 0 aliphatic heterocycles. The average molecular weight is 454 g/mol. The molecule has 0 unspecified atom stereocenters. The van der Waals surface area contributed by atoms with Crippen LogP contribution in [0.15, 0.2) is 77.9 Å². The zero-order valence-corrected chi connectivity index (χ0v) is 16.6. The van der Waals surface area contributed by atoms with Gasteiger partial charge in [0.1, 0.15) is 5.65 Å². The maximum atomic E-state index is 13.8. The predicted molar refractivity (Wildman–Crippen MR) is 112 cm³/mol. The van der Waals surface area contributed by atoms with Crippen molar-refractivity contribution in [2.24, 2.45) is 4.99 Å². The molecule has 2 heterocycles. The zero-order valence-electron chi connectivity index (χ0n) is 16.6. The van der Waals surface area contributed by atoms with E-state index in [1.807, 2.05) is 0 Å². The molecular weight excluding hydrogens is 441 g/mol. The first kappa shape index (κ1) is 21.7. The van der Waals surface area contributed by atoms with Crippen molar-refractivity contribution < 1.29 is 27.6 Å². The number of carbonyl (C=O) groups excluding carboxylic acids is 1. The molecule has 8 nitrogen and oxygen atoms in total. The Hall–Kier alpha value is -4.54. The number of benzene rings is 2. The van der Waals surface area contributed by atoms with E-state index in [-0.39, 0.29) is 34.2 Å². The molecule has 0 spiro atoms. The summed E-state index contributed by atoms with van der Waals surface area (Å²) in [6.07, 6.45) is -0.364. The van der Waals surface area contributed by atoms with Gasteiger partial charge in [-0.3, -0.25) is 19.3 Å². The van der Waals surface area contributed by atoms with Crippen molar-refractivity contribution in [3.63, 3.8) is 0 Å². The van der Waals surface area contributed by atoms with Crippen LogP contribution in [0.5, 0.6) is 0 Å². The van der Waals surface area contributed by atoms with E-state index >= 15 is 0 Å². The second kappa shape index (κ2) is 8.91. The van der Waals surface area contributed by atoms with E-state index in [1.165, 1.54) is 47.0 Å². The number of aromatic nitrogens is 2. The monoisotopic (exact) mass is 454 g/mol. The first-order valence-electron chi connectivity index (χ1n) is 9.39. The van der Waals surface area contributed by atoms with Crippen LogP contribution in [0.2, 0.25) is 0 Å². The molecule has 33 heavy (non-hydrogen) atoms. The van der Waals surface area contributed by atoms with Crippen LogP contribution in [-0.4, -0.2) is 32.9 Å². The number of aliphatic imine (C=N–C) groups is 1. The van der Waals surface area contributed by atoms with Gasteiger partial charge in [0.15, 0.2) is 11.6 Å². The molecule has 0 saturated heterocycles. The van der Waals surface area contributed by atoms with Gasteiger partial charge in [-0.25, -0.2) is 4.98 Å². The van der Waals surface area contributed by atoms with Crippen molar-refractivity contribution in [2.45, 2.75) is 6.61 Å². The molecule has 0 aliphatic rings. The predicted octanol–water partition coefficient (Wildman–Crippen LogP) is 5.34. The Bertz CT molecular complexity index is 1370. The SMILES string of the molecule is O=C(c1ccccc1)c1ccc2nc(/N=C(/F)OC(F)F)c(-c3ccc([N+](=O)[O-])cc3)n2c1. The summed E-state index contributed by atoms with van der Waals surface area (Å²) in [4.78, 5) is 30.8. The number of non-ortho nitro benzene ring substituents is 1. The Labute approximate surface area is 183 Å². The molecule has 0 bridgehead atoms. The fraction of sp³-hybridized carbons (Fsp3) is 0.0455. The van der Waals surface area contributed by atoms with E-state index in [1.54, 1.807) is 30.3 Å². The lowest BCUT2D eigenvalue weighted by molar-refractivity contribution is -0.384. The molecule has 2 aromatic carbocycles. The van der Waals surface area contributed by atoms with Crippen LogP contribution in [-0.2, 0) is 4.74 Å². The molecule has 0 amide bonds. The van der Waals surface area contributed by atoms with Gasteiger partial charge < -0.3 is 4.74 Å². The number of hydrogen-bond donors (Lipinski definition) is 0. The molecule has 2 aromatic heterocycles. The Morgan fingerprint density at radius 1 is 1.03 bits per heavy atom. The number of ketones is 1. The topological polar surface area (TPSA) is 99.1 Å². The van der Waals surface area contributed by atoms with E-state index < -0.39 is 17.7 Å². The summed E-state index contributed by atoms with van der Waals surface area (Å²) >= 11 is 0. The number of alkyl halides is 2. The highest BCUT2D eigenvalue weighted by Gasteiger charge is 2.19. The van der Waals surface area contributed by atoms with Crippen LogP contribution >= 0.6 is 0 Å². The quantitative estimate of drug-likeness (QED) is 0.129. The Morgan fingerprint density at radius 3 is 2.36 bits per heavy atom. The number of nitrogens with zero attached hydrogens (tertiary/aromatic N) is 4. The lowest BCUT2D eigenvalue weighted by Gasteiger charge is -2.06. The molecule has 0 saturated carbocycles. The number of halogens is 3. The molecule has 4 rings (SSSR count). The van der Waals surface area contributed by atoms with Crippen molar-refractivity contribution in [2.75, 3.05) is 0 Å². The van der Waals surface area contributed by atoms with Crippen LogP contribution in [0.3, 0.4) is 0 Å². The van der Waals surface area contributed by atoms with E-state index in [2.05, 4.69) is 14.7 Å². The second-order valence-electron chi connectivity index (χ2n) is 6.67. The number of carbonyl (C=O) groups is 1. The van der Waals surface area contributed by atoms with Crippen LogP contribution in [0, 0.1) is 10.1 Å². The first-order chi connectivity index (χ1) is 15.8. The number of nitro groups is 1. The fourth-order valence-electron chi connectivity index (χ4n) is 3.19. The van der Waals surface area contributed by atoms with Crippen molar-refractivity contribution in [3.05, 3.63) is 94.2 Å². The van der Waals surface area contributed by atoms with Gasteiger partial charge in [-0.15, -0.1) is 4.39 Å². The van der Waals surface area contributed by atoms with E-state index in [0.717, 1.165) is 0 Å². The number of pyridine rings is 1. The van der Waals surface area contributed by atoms with Crippen LogP contribution in [0.25, 0.3) is 16.9 Å². The van der Waals surface area contributed by atoms with Crippen LogP contribution in [0.1, 0.15) is 15.9 Å². The largest absolute Gasteiger partial charge is 0.393 e. The molecule has 0 fully saturated rings. The van der Waals surface area contributed by atoms with Gasteiger partial charge in [0, 0.05) is 35.0 Å². The number of hydrogen-bond acceptors (Lipinski definition) is 6. The van der Waals surface area contributed by atoms with Gasteiger partial charge in [-0.1, -0.05) is 30.3 Å². The lowest BCUT2D eigenvalue weighted by atomic mass is 10.1. The summed E-state index contributed by atoms with van der Waals surface area (Å²) in [5, 5.41) is 11.0. The number of nitro benzene ring substituents is 1. The summed E-state index contributed by atoms with van der Waals surface area (Å²) < 4.78 is 43.6. The average Bonchev–Trinajstić information content (AvgIpc) is 3.15. The molecule has 11 heteroatoms. The smallest absolute Gasteiger partial charge is 0.390 e. The zero-order chi connectivity index (χ0) is 23.5. The molecule has 0 radical (unpaired) electrons. The lowest BCUT2D eigenvalue weighted by Crippen LogP contribution is -2.04. The Morgan fingerprint density at radius 2 is 1.73 bits per heavy atom. The third kappa shape index (κ3) is 4.56. The standard InChI is InChI=1S/C22H13F3N4O4/c23-21(24)33-22(25)27-20-18(13-6-9-16(10-7-13)29(31)32)28-12-15(8-11-17(28)26-20)19(30)14-4-2-1-3-5-14/h1-12,21H/b27-22-. The highest BCUT2D eigenvalue weighted by molar-refractivity contribution is 6.09. The Balaban J connectivity index is 1.88. The first-order valence-corrected chi connectivity index (χ1v) is 9.39. The highest BCUT2D eigenvalue weighted by atomic mass is 19.3. The highest BCUT2D eigenvalue weighted by Crippen LogP contribution is 2.33. The van der Waals surface area contributed by atoms with E-state index in [9.17, 15) is 28.1 Å². The third-order valence-electron chi connectivity index (χ3n) is 4.63. The molecule has 0 aliphatic carbocycles. The Kier molecular flexibility index (Phi) is 5.85. The molecular formula is C22H13F3N4O4. The van der Waals surface area contributed by atoms with E-state index in [0.29, 0.717) is 11.1 Å². The molecule has 0 N–H and O–H groups in total. The normalized spacial score (nSPS) is 11.7. The minimum Gasteiger partial charge on any atom is -0.393 e. The summed E-state index contributed by atoms with van der Waals surface area (Å²) in [7, 11) is 0. The minimum absolute atomic E-state index is 0.121. The number of fused-ring (bicyclic) bond motifs is 1. The van der Waals surface area contributed by atoms with Gasteiger partial charge in [0.2, 0.25) is 0 Å². The molecule has 0 atom stereocenters. The fourth-order valence-corrected chi connectivity index (χ4v) is 3.19. The summed E-state index contributed by atoms with van der Waals surface area (Å²) in [5.41, 5.74) is 1.19. The molecule has 4 aromatic rings. The molecule has 166 valence electrons. The van der Waals surface area contributed by atoms with Gasteiger partial charge in [-0.2, -0.15) is 13.8 Å². The maximum absolute atomic E-state index is 13.8. The van der Waals surface area contributed by atoms with Gasteiger partial charge in [0.25, 0.3) is 5.69 Å². The number of ether oxygens (including phenoxy) is 1. The summed E-state index contributed by atoms with van der Waals surface area (Å²) in [6.45, 7) is -3.43. The van der Waals surface area contributed by atoms with Crippen molar-refractivity contribution in [1.29, 1.82) is 0 Å². The second-order valence-corrected chi connectivity index (χ2v) is 6.67. The van der Waals surface area contributed by atoms with Crippen LogP contribution in [0.4, 0.5) is 24.7 Å². The third-order valence-corrected chi connectivity index (χ3v) is 4.63. The van der Waals surface area contributed by atoms with Gasteiger partial charge in [-0.05, 0) is 24.3 Å². The van der Waals surface area contributed by atoms with Crippen molar-refractivity contribution in [3.8, 4) is 11.3 Å². The van der Waals surface area contributed by atoms with Crippen molar-refractivity contribution >= 4 is 29.1 Å². The number of rotatable bonds is 6.